The highest BCUT2D eigenvalue weighted by Gasteiger charge is 2.22. The topological polar surface area (TPSA) is 93.2 Å². The molecule has 0 spiro atoms. The summed E-state index contributed by atoms with van der Waals surface area (Å²) >= 11 is 3.11. The van der Waals surface area contributed by atoms with E-state index in [4.69, 9.17) is 10.00 Å². The van der Waals surface area contributed by atoms with Gasteiger partial charge in [0, 0.05) is 10.5 Å². The van der Waals surface area contributed by atoms with Crippen LogP contribution < -0.4 is 0 Å². The van der Waals surface area contributed by atoms with E-state index in [-0.39, 0.29) is 34.3 Å². The third kappa shape index (κ3) is 3.05. The van der Waals surface area contributed by atoms with Gasteiger partial charge >= 0.3 is 5.97 Å². The Balaban J connectivity index is 3.25. The second-order valence-electron chi connectivity index (χ2n) is 3.28. The van der Waals surface area contributed by atoms with Crippen LogP contribution >= 0.6 is 15.9 Å². The average molecular weight is 313 g/mol. The van der Waals surface area contributed by atoms with Crippen molar-refractivity contribution in [1.29, 1.82) is 5.26 Å². The predicted octanol–water partition coefficient (Wildman–Crippen LogP) is 2.33. The summed E-state index contributed by atoms with van der Waals surface area (Å²) in [4.78, 5) is 21.7. The minimum absolute atomic E-state index is 0.150. The maximum atomic E-state index is 11.4. The Bertz CT molecular complexity index is 537. The van der Waals surface area contributed by atoms with Crippen LogP contribution in [0.5, 0.6) is 0 Å². The zero-order valence-electron chi connectivity index (χ0n) is 9.47. The van der Waals surface area contributed by atoms with E-state index in [1.807, 2.05) is 6.07 Å². The third-order valence-electron chi connectivity index (χ3n) is 2.16. The number of ether oxygens (including phenoxy) is 1. The van der Waals surface area contributed by atoms with Crippen molar-refractivity contribution in [3.63, 3.8) is 0 Å². The smallest absolute Gasteiger partial charge is 0.310 e. The lowest BCUT2D eigenvalue weighted by atomic mass is 10.1. The Morgan fingerprint density at radius 3 is 2.78 bits per heavy atom. The van der Waals surface area contributed by atoms with Crippen molar-refractivity contribution in [3.05, 3.63) is 37.8 Å². The minimum Gasteiger partial charge on any atom is -0.466 e. The summed E-state index contributed by atoms with van der Waals surface area (Å²) in [6.07, 6.45) is -0.250. The number of nitrogens with zero attached hydrogens (tertiary/aromatic N) is 2. The Labute approximate surface area is 111 Å². The lowest BCUT2D eigenvalue weighted by Crippen LogP contribution is -2.10. The highest BCUT2D eigenvalue weighted by Crippen LogP contribution is 2.30. The van der Waals surface area contributed by atoms with Gasteiger partial charge in [0.15, 0.2) is 0 Å². The van der Waals surface area contributed by atoms with E-state index in [1.165, 1.54) is 12.1 Å². The van der Waals surface area contributed by atoms with Crippen LogP contribution in [0.25, 0.3) is 0 Å². The van der Waals surface area contributed by atoms with Crippen LogP contribution in [0.3, 0.4) is 0 Å². The van der Waals surface area contributed by atoms with E-state index < -0.39 is 10.9 Å². The van der Waals surface area contributed by atoms with Crippen molar-refractivity contribution in [2.45, 2.75) is 13.3 Å². The van der Waals surface area contributed by atoms with Gasteiger partial charge in [0.2, 0.25) is 0 Å². The normalized spacial score (nSPS) is 9.61. The molecule has 0 heterocycles. The van der Waals surface area contributed by atoms with Gasteiger partial charge < -0.3 is 4.74 Å². The van der Waals surface area contributed by atoms with E-state index >= 15 is 0 Å². The zero-order chi connectivity index (χ0) is 13.7. The average Bonchev–Trinajstić information content (AvgIpc) is 2.31. The van der Waals surface area contributed by atoms with Gasteiger partial charge in [-0.25, -0.2) is 0 Å². The van der Waals surface area contributed by atoms with Crippen LogP contribution in [-0.2, 0) is 16.0 Å². The first-order valence-electron chi connectivity index (χ1n) is 5.02. The summed E-state index contributed by atoms with van der Waals surface area (Å²) in [6, 6.07) is 4.42. The fraction of sp³-hybridized carbons (Fsp3) is 0.273. The monoisotopic (exact) mass is 312 g/mol. The Kier molecular flexibility index (Phi) is 4.80. The molecule has 0 aromatic heterocycles. The number of nitro benzene ring substituents is 1. The second-order valence-corrected chi connectivity index (χ2v) is 4.07. The van der Waals surface area contributed by atoms with Crippen molar-refractivity contribution in [1.82, 2.24) is 0 Å². The summed E-state index contributed by atoms with van der Waals surface area (Å²) in [5.74, 6) is -0.573. The molecular weight excluding hydrogens is 304 g/mol. The maximum absolute atomic E-state index is 11.4. The highest BCUT2D eigenvalue weighted by molar-refractivity contribution is 9.10. The molecule has 0 saturated heterocycles. The Morgan fingerprint density at radius 1 is 1.61 bits per heavy atom. The number of nitro groups is 1. The van der Waals surface area contributed by atoms with Crippen LogP contribution in [0.1, 0.15) is 18.1 Å². The standard InChI is InChI=1S/C11H9BrN2O4/c1-2-18-10(15)5-8-9(14(16)17)4-3-7(6-13)11(8)12/h3-4H,2,5H2,1H3. The lowest BCUT2D eigenvalue weighted by Gasteiger charge is -2.06. The first-order chi connectivity index (χ1) is 8.51. The molecule has 0 aliphatic carbocycles. The molecule has 1 aromatic rings. The number of nitriles is 1. The van der Waals surface area contributed by atoms with Crippen molar-refractivity contribution in [3.8, 4) is 6.07 Å². The van der Waals surface area contributed by atoms with Gasteiger partial charge in [0.25, 0.3) is 5.69 Å². The van der Waals surface area contributed by atoms with Crippen molar-refractivity contribution < 1.29 is 14.5 Å². The van der Waals surface area contributed by atoms with Gasteiger partial charge in [0.05, 0.1) is 29.1 Å². The number of halogens is 1. The summed E-state index contributed by atoms with van der Waals surface area (Å²) in [5, 5.41) is 19.7. The number of benzene rings is 1. The van der Waals surface area contributed by atoms with Gasteiger partial charge in [-0.3, -0.25) is 14.9 Å². The van der Waals surface area contributed by atoms with Crippen LogP contribution in [-0.4, -0.2) is 17.5 Å². The molecule has 0 bridgehead atoms. The molecule has 0 saturated carbocycles. The van der Waals surface area contributed by atoms with Crippen molar-refractivity contribution in [2.24, 2.45) is 0 Å². The van der Waals surface area contributed by atoms with Gasteiger partial charge in [-0.2, -0.15) is 5.26 Å². The largest absolute Gasteiger partial charge is 0.466 e. The summed E-state index contributed by atoms with van der Waals surface area (Å²) in [6.45, 7) is 1.84. The number of carbonyl (C=O) groups is 1. The van der Waals surface area contributed by atoms with E-state index in [2.05, 4.69) is 15.9 Å². The first kappa shape index (κ1) is 14.1. The number of hydrogen-bond donors (Lipinski definition) is 0. The molecule has 18 heavy (non-hydrogen) atoms. The van der Waals surface area contributed by atoms with Crippen LogP contribution in [0, 0.1) is 21.4 Å². The number of rotatable bonds is 4. The minimum atomic E-state index is -0.597. The van der Waals surface area contributed by atoms with Gasteiger partial charge in [-0.15, -0.1) is 0 Å². The van der Waals surface area contributed by atoms with E-state index in [0.29, 0.717) is 0 Å². The van der Waals surface area contributed by atoms with E-state index in [1.54, 1.807) is 6.92 Å². The van der Waals surface area contributed by atoms with Crippen LogP contribution in [0.2, 0.25) is 0 Å². The quantitative estimate of drug-likeness (QED) is 0.483. The lowest BCUT2D eigenvalue weighted by molar-refractivity contribution is -0.385. The molecule has 0 atom stereocenters. The van der Waals surface area contributed by atoms with Gasteiger partial charge in [-0.1, -0.05) is 0 Å². The second kappa shape index (κ2) is 6.12. The molecule has 7 heteroatoms. The molecule has 6 nitrogen and oxygen atoms in total. The predicted molar refractivity (Wildman–Crippen MR) is 65.8 cm³/mol. The molecule has 0 N–H and O–H groups in total. The summed E-state index contributed by atoms with van der Waals surface area (Å²) in [7, 11) is 0. The van der Waals surface area contributed by atoms with E-state index in [9.17, 15) is 14.9 Å². The molecule has 94 valence electrons. The van der Waals surface area contributed by atoms with Crippen molar-refractivity contribution in [2.75, 3.05) is 6.61 Å². The third-order valence-corrected chi connectivity index (χ3v) is 3.07. The SMILES string of the molecule is CCOC(=O)Cc1c([N+](=O)[O-])ccc(C#N)c1Br. The zero-order valence-corrected chi connectivity index (χ0v) is 11.1. The Morgan fingerprint density at radius 2 is 2.28 bits per heavy atom. The van der Waals surface area contributed by atoms with Gasteiger partial charge in [-0.05, 0) is 28.9 Å². The molecule has 0 fully saturated rings. The molecule has 0 aliphatic rings. The van der Waals surface area contributed by atoms with Crippen LogP contribution in [0.4, 0.5) is 5.69 Å². The summed E-state index contributed by atoms with van der Waals surface area (Å²) < 4.78 is 5.00. The fourth-order valence-corrected chi connectivity index (χ4v) is 1.96. The first-order valence-corrected chi connectivity index (χ1v) is 5.82. The number of carbonyl (C=O) groups excluding carboxylic acids is 1. The van der Waals surface area contributed by atoms with Crippen molar-refractivity contribution >= 4 is 27.6 Å². The van der Waals surface area contributed by atoms with Crippen LogP contribution in [0.15, 0.2) is 16.6 Å². The highest BCUT2D eigenvalue weighted by atomic mass is 79.9. The molecule has 1 rings (SSSR count). The maximum Gasteiger partial charge on any atom is 0.310 e. The molecule has 0 radical (unpaired) electrons. The molecule has 0 aliphatic heterocycles. The molecule has 1 aromatic carbocycles. The number of hydrogen-bond acceptors (Lipinski definition) is 5. The fourth-order valence-electron chi connectivity index (χ4n) is 1.39. The Hall–Kier alpha value is -1.94. The summed E-state index contributed by atoms with van der Waals surface area (Å²) in [5.41, 5.74) is 0.173. The number of esters is 1. The molecule has 0 amide bonds. The molecule has 0 unspecified atom stereocenters. The van der Waals surface area contributed by atoms with E-state index in [0.717, 1.165) is 0 Å². The molecular formula is C11H9BrN2O4. The van der Waals surface area contributed by atoms with Gasteiger partial charge in [0.1, 0.15) is 6.07 Å².